The summed E-state index contributed by atoms with van der Waals surface area (Å²) in [5, 5.41) is 7.84. The van der Waals surface area contributed by atoms with Crippen molar-refractivity contribution in [3.05, 3.63) is 146 Å². The van der Waals surface area contributed by atoms with Crippen molar-refractivity contribution in [3.8, 4) is 33.4 Å². The van der Waals surface area contributed by atoms with Crippen molar-refractivity contribution < 1.29 is 0 Å². The quantitative estimate of drug-likeness (QED) is 0.207. The zero-order valence-corrected chi connectivity index (χ0v) is 22.1. The van der Waals surface area contributed by atoms with Gasteiger partial charge in [-0.2, -0.15) is 0 Å². The lowest BCUT2D eigenvalue weighted by molar-refractivity contribution is 1.66. The minimum absolute atomic E-state index is 1.25. The molecule has 1 aromatic heterocycles. The normalized spacial score (nSPS) is 11.6. The van der Waals surface area contributed by atoms with Gasteiger partial charge in [-0.1, -0.05) is 127 Å². The van der Waals surface area contributed by atoms with Crippen LogP contribution in [0.1, 0.15) is 0 Å². The fourth-order valence-corrected chi connectivity index (χ4v) is 7.29. The summed E-state index contributed by atoms with van der Waals surface area (Å²) in [7, 11) is 0. The Morgan fingerprint density at radius 2 is 0.897 bits per heavy atom. The van der Waals surface area contributed by atoms with Gasteiger partial charge in [0.25, 0.3) is 0 Å². The van der Waals surface area contributed by atoms with E-state index in [-0.39, 0.29) is 0 Å². The molecule has 0 fully saturated rings. The van der Waals surface area contributed by atoms with Crippen LogP contribution in [0.2, 0.25) is 0 Å². The number of thiophene rings is 1. The molecule has 0 atom stereocenters. The number of fused-ring (bicyclic) bond motifs is 5. The van der Waals surface area contributed by atoms with Crippen molar-refractivity contribution in [2.75, 3.05) is 0 Å². The molecule has 0 aliphatic heterocycles. The maximum Gasteiger partial charge on any atom is 0.0361 e. The van der Waals surface area contributed by atoms with E-state index in [1.807, 2.05) is 11.3 Å². The Morgan fingerprint density at radius 3 is 1.54 bits per heavy atom. The van der Waals surface area contributed by atoms with Crippen LogP contribution in [-0.4, -0.2) is 0 Å². The summed E-state index contributed by atoms with van der Waals surface area (Å²) in [6.07, 6.45) is 0. The molecule has 0 saturated carbocycles. The molecule has 1 heteroatoms. The maximum absolute atomic E-state index is 2.38. The summed E-state index contributed by atoms with van der Waals surface area (Å²) < 4.78 is 2.65. The number of hydrogen-bond donors (Lipinski definition) is 0. The molecule has 8 aromatic rings. The van der Waals surface area contributed by atoms with Crippen molar-refractivity contribution >= 4 is 53.1 Å². The molecule has 39 heavy (non-hydrogen) atoms. The molecule has 0 aliphatic carbocycles. The number of rotatable bonds is 3. The molecule has 182 valence electrons. The Morgan fingerprint density at radius 1 is 0.333 bits per heavy atom. The monoisotopic (exact) mass is 512 g/mol. The molecule has 0 bridgehead atoms. The van der Waals surface area contributed by atoms with Crippen LogP contribution in [0.5, 0.6) is 0 Å². The highest BCUT2D eigenvalue weighted by Crippen LogP contribution is 2.48. The molecule has 0 nitrogen and oxygen atoms in total. The molecule has 0 amide bonds. The molecule has 0 aliphatic rings. The lowest BCUT2D eigenvalue weighted by Crippen LogP contribution is -1.91. The Bertz CT molecular complexity index is 2090. The van der Waals surface area contributed by atoms with Crippen LogP contribution >= 0.6 is 11.3 Å². The molecule has 0 saturated heterocycles. The van der Waals surface area contributed by atoms with E-state index in [2.05, 4.69) is 146 Å². The standard InChI is InChI=1S/C38H24S/c1-3-12-25(13-4-1)27-22-23-34-33(24-27)38-32(20-11-21-35(38)39-34)37-30-18-9-7-16-28(30)36(26-14-5-2-6-15-26)29-17-8-10-19-31(29)37/h1-24H. The van der Waals surface area contributed by atoms with Gasteiger partial charge in [-0.05, 0) is 73.1 Å². The lowest BCUT2D eigenvalue weighted by atomic mass is 9.85. The van der Waals surface area contributed by atoms with Gasteiger partial charge in [0.2, 0.25) is 0 Å². The molecule has 0 spiro atoms. The Balaban J connectivity index is 1.51. The second-order valence-corrected chi connectivity index (χ2v) is 11.1. The van der Waals surface area contributed by atoms with E-state index >= 15 is 0 Å². The molecule has 8 rings (SSSR count). The highest BCUT2D eigenvalue weighted by Gasteiger charge is 2.19. The fourth-order valence-electron chi connectivity index (χ4n) is 6.18. The molecule has 7 aromatic carbocycles. The van der Waals surface area contributed by atoms with Crippen LogP contribution in [0.15, 0.2) is 146 Å². The molecular weight excluding hydrogens is 488 g/mol. The summed E-state index contributed by atoms with van der Waals surface area (Å²) in [6, 6.07) is 53.1. The third-order valence-corrected chi connectivity index (χ3v) is 9.00. The van der Waals surface area contributed by atoms with E-state index in [1.54, 1.807) is 0 Å². The van der Waals surface area contributed by atoms with Gasteiger partial charge in [0.1, 0.15) is 0 Å². The Labute approximate surface area is 231 Å². The highest BCUT2D eigenvalue weighted by molar-refractivity contribution is 7.26. The molecular formula is C38H24S. The van der Waals surface area contributed by atoms with Crippen LogP contribution in [0.25, 0.3) is 75.1 Å². The van der Waals surface area contributed by atoms with Crippen LogP contribution in [-0.2, 0) is 0 Å². The SMILES string of the molecule is c1ccc(-c2ccc3sc4cccc(-c5c6ccccc6c(-c6ccccc6)c6ccccc56)c4c3c2)cc1. The van der Waals surface area contributed by atoms with Crippen molar-refractivity contribution in [2.24, 2.45) is 0 Å². The summed E-state index contributed by atoms with van der Waals surface area (Å²) in [5.41, 5.74) is 7.68. The summed E-state index contributed by atoms with van der Waals surface area (Å²) >= 11 is 1.89. The van der Waals surface area contributed by atoms with E-state index in [1.165, 1.54) is 75.1 Å². The average Bonchev–Trinajstić information content (AvgIpc) is 3.39. The van der Waals surface area contributed by atoms with Crippen LogP contribution < -0.4 is 0 Å². The molecule has 0 radical (unpaired) electrons. The van der Waals surface area contributed by atoms with E-state index in [0.717, 1.165) is 0 Å². The van der Waals surface area contributed by atoms with Crippen molar-refractivity contribution in [1.29, 1.82) is 0 Å². The molecule has 1 heterocycles. The van der Waals surface area contributed by atoms with Crippen molar-refractivity contribution in [2.45, 2.75) is 0 Å². The van der Waals surface area contributed by atoms with E-state index in [9.17, 15) is 0 Å². The first kappa shape index (κ1) is 22.3. The van der Waals surface area contributed by atoms with Gasteiger partial charge in [-0.25, -0.2) is 0 Å². The van der Waals surface area contributed by atoms with Crippen LogP contribution in [0, 0.1) is 0 Å². The van der Waals surface area contributed by atoms with E-state index in [0.29, 0.717) is 0 Å². The first-order valence-electron chi connectivity index (χ1n) is 13.4. The Kier molecular flexibility index (Phi) is 5.11. The number of hydrogen-bond acceptors (Lipinski definition) is 1. The molecule has 0 N–H and O–H groups in total. The topological polar surface area (TPSA) is 0 Å². The first-order chi connectivity index (χ1) is 19.4. The number of benzene rings is 7. The zero-order valence-electron chi connectivity index (χ0n) is 21.3. The maximum atomic E-state index is 2.38. The van der Waals surface area contributed by atoms with Gasteiger partial charge in [0.05, 0.1) is 0 Å². The smallest absolute Gasteiger partial charge is 0.0361 e. The van der Waals surface area contributed by atoms with Gasteiger partial charge >= 0.3 is 0 Å². The largest absolute Gasteiger partial charge is 0.135 e. The minimum Gasteiger partial charge on any atom is -0.135 e. The van der Waals surface area contributed by atoms with E-state index < -0.39 is 0 Å². The van der Waals surface area contributed by atoms with Gasteiger partial charge in [0, 0.05) is 20.2 Å². The van der Waals surface area contributed by atoms with E-state index in [4.69, 9.17) is 0 Å². The third-order valence-electron chi connectivity index (χ3n) is 7.87. The summed E-state index contributed by atoms with van der Waals surface area (Å²) in [6.45, 7) is 0. The summed E-state index contributed by atoms with van der Waals surface area (Å²) in [5.74, 6) is 0. The average molecular weight is 513 g/mol. The predicted molar refractivity (Wildman–Crippen MR) is 171 cm³/mol. The second-order valence-electron chi connectivity index (χ2n) is 10.1. The van der Waals surface area contributed by atoms with Crippen LogP contribution in [0.4, 0.5) is 0 Å². The molecule has 0 unspecified atom stereocenters. The van der Waals surface area contributed by atoms with Gasteiger partial charge in [-0.3, -0.25) is 0 Å². The van der Waals surface area contributed by atoms with Crippen molar-refractivity contribution in [1.82, 2.24) is 0 Å². The second kappa shape index (κ2) is 8.94. The first-order valence-corrected chi connectivity index (χ1v) is 14.2. The third kappa shape index (κ3) is 3.51. The fraction of sp³-hybridized carbons (Fsp3) is 0. The van der Waals surface area contributed by atoms with Crippen molar-refractivity contribution in [3.63, 3.8) is 0 Å². The van der Waals surface area contributed by atoms with Gasteiger partial charge in [-0.15, -0.1) is 11.3 Å². The lowest BCUT2D eigenvalue weighted by Gasteiger charge is -2.18. The van der Waals surface area contributed by atoms with Crippen LogP contribution in [0.3, 0.4) is 0 Å². The highest BCUT2D eigenvalue weighted by atomic mass is 32.1. The predicted octanol–water partition coefficient (Wildman–Crippen LogP) is 11.4. The zero-order chi connectivity index (χ0) is 25.8. The van der Waals surface area contributed by atoms with Gasteiger partial charge in [0.15, 0.2) is 0 Å². The minimum atomic E-state index is 1.25. The van der Waals surface area contributed by atoms with Gasteiger partial charge < -0.3 is 0 Å². The Hall–Kier alpha value is -4.72. The summed E-state index contributed by atoms with van der Waals surface area (Å²) in [4.78, 5) is 0.